The molecule has 2 atom stereocenters. The van der Waals surface area contributed by atoms with E-state index in [4.69, 9.17) is 9.73 Å². The number of amidine groups is 1. The zero-order chi connectivity index (χ0) is 29.3. The number of ether oxygens (including phenoxy) is 1. The van der Waals surface area contributed by atoms with E-state index in [1.807, 2.05) is 63.3 Å². The van der Waals surface area contributed by atoms with E-state index >= 15 is 0 Å². The molecule has 7 rings (SSSR count). The normalized spacial score (nSPS) is 16.2. The van der Waals surface area contributed by atoms with E-state index in [0.29, 0.717) is 0 Å². The molecule has 0 saturated heterocycles. The molecule has 2 unspecified atom stereocenters. The molecule has 5 aromatic carbocycles. The molecular formula is C38H37N3O. The van der Waals surface area contributed by atoms with Gasteiger partial charge in [-0.05, 0) is 30.0 Å². The summed E-state index contributed by atoms with van der Waals surface area (Å²) in [6, 6.07) is 39.8. The first kappa shape index (κ1) is 28.4. The Morgan fingerprint density at radius 2 is 1.48 bits per heavy atom. The van der Waals surface area contributed by atoms with Gasteiger partial charge in [0.1, 0.15) is 17.6 Å². The highest BCUT2D eigenvalue weighted by atomic mass is 16.5. The summed E-state index contributed by atoms with van der Waals surface area (Å²) >= 11 is 0. The number of hydrogen-bond donors (Lipinski definition) is 2. The third kappa shape index (κ3) is 5.98. The first-order chi connectivity index (χ1) is 20.7. The molecule has 42 heavy (non-hydrogen) atoms. The van der Waals surface area contributed by atoms with Gasteiger partial charge in [0, 0.05) is 22.1 Å². The van der Waals surface area contributed by atoms with E-state index in [9.17, 15) is 0 Å². The zero-order valence-corrected chi connectivity index (χ0v) is 24.4. The quantitative estimate of drug-likeness (QED) is 0.218. The summed E-state index contributed by atoms with van der Waals surface area (Å²) in [4.78, 5) is 5.19. The van der Waals surface area contributed by atoms with Crippen LogP contribution in [-0.2, 0) is 0 Å². The lowest BCUT2D eigenvalue weighted by molar-refractivity contribution is 0.260. The smallest absolute Gasteiger partial charge is 0.196 e. The van der Waals surface area contributed by atoms with Gasteiger partial charge in [0.15, 0.2) is 6.23 Å². The maximum absolute atomic E-state index is 6.09. The number of fused-ring (bicyclic) bond motifs is 4. The van der Waals surface area contributed by atoms with Gasteiger partial charge >= 0.3 is 0 Å². The van der Waals surface area contributed by atoms with Crippen molar-refractivity contribution < 1.29 is 4.74 Å². The second-order valence-corrected chi connectivity index (χ2v) is 9.69. The standard InChI is InChI=1S/C31H23N3O.C5H8.C2H6/c1-2-9-21(10-3-1)28-25-19-18-20-8-4-5-11-24(20)29(25)34-30(33-28)22-14-16-23(17-15-22)31-32-26-12-6-7-13-27(26)35-31;1-3-5-4-2;1-2/h1-19,28,31-32H,(H,33,34);3-5H,1H2,2H3;1-2H3/b;5-4-;. The second kappa shape index (κ2) is 13.5. The average molecular weight is 552 g/mol. The van der Waals surface area contributed by atoms with Crippen LogP contribution in [0.25, 0.3) is 10.8 Å². The Morgan fingerprint density at radius 1 is 0.762 bits per heavy atom. The number of para-hydroxylation sites is 2. The van der Waals surface area contributed by atoms with E-state index < -0.39 is 0 Å². The molecule has 2 heterocycles. The fraction of sp³-hybridized carbons (Fsp3) is 0.132. The van der Waals surface area contributed by atoms with Gasteiger partial charge in [-0.25, -0.2) is 0 Å². The lowest BCUT2D eigenvalue weighted by Crippen LogP contribution is -2.22. The highest BCUT2D eigenvalue weighted by Gasteiger charge is 2.26. The number of aliphatic imine (C=N–C) groups is 1. The number of rotatable bonds is 4. The first-order valence-corrected chi connectivity index (χ1v) is 14.5. The van der Waals surface area contributed by atoms with Gasteiger partial charge in [0.05, 0.1) is 11.4 Å². The van der Waals surface area contributed by atoms with Crippen molar-refractivity contribution >= 4 is 28.0 Å². The topological polar surface area (TPSA) is 45.7 Å². The van der Waals surface area contributed by atoms with Crippen LogP contribution in [0.2, 0.25) is 0 Å². The van der Waals surface area contributed by atoms with Crippen LogP contribution in [0, 0.1) is 0 Å². The summed E-state index contributed by atoms with van der Waals surface area (Å²) in [5.41, 5.74) is 6.64. The molecule has 0 spiro atoms. The minimum absolute atomic E-state index is 0.0685. The highest BCUT2D eigenvalue weighted by Crippen LogP contribution is 2.41. The molecule has 0 amide bonds. The van der Waals surface area contributed by atoms with Gasteiger partial charge in [0.2, 0.25) is 0 Å². The molecule has 0 saturated carbocycles. The summed E-state index contributed by atoms with van der Waals surface area (Å²) in [6.45, 7) is 9.42. The Hall–Kier alpha value is -5.09. The van der Waals surface area contributed by atoms with Gasteiger partial charge in [0.25, 0.3) is 0 Å². The Balaban J connectivity index is 0.000000459. The monoisotopic (exact) mass is 551 g/mol. The summed E-state index contributed by atoms with van der Waals surface area (Å²) in [5, 5.41) is 9.52. The molecule has 0 aliphatic carbocycles. The summed E-state index contributed by atoms with van der Waals surface area (Å²) in [5.74, 6) is 1.76. The van der Waals surface area contributed by atoms with Gasteiger partial charge < -0.3 is 15.4 Å². The van der Waals surface area contributed by atoms with E-state index in [1.54, 1.807) is 6.08 Å². The predicted octanol–water partition coefficient (Wildman–Crippen LogP) is 10.1. The molecule has 5 aromatic rings. The largest absolute Gasteiger partial charge is 0.464 e. The number of nitrogens with one attached hydrogen (secondary N) is 2. The van der Waals surface area contributed by atoms with Crippen molar-refractivity contribution in [3.8, 4) is 5.75 Å². The third-order valence-corrected chi connectivity index (χ3v) is 7.11. The Labute approximate surface area is 249 Å². The van der Waals surface area contributed by atoms with Crippen LogP contribution >= 0.6 is 0 Å². The van der Waals surface area contributed by atoms with Crippen LogP contribution in [0.15, 0.2) is 145 Å². The molecule has 4 nitrogen and oxygen atoms in total. The minimum atomic E-state index is -0.190. The molecular weight excluding hydrogens is 514 g/mol. The zero-order valence-electron chi connectivity index (χ0n) is 24.4. The molecule has 0 bridgehead atoms. The molecule has 0 fully saturated rings. The molecule has 4 heteroatoms. The third-order valence-electron chi connectivity index (χ3n) is 7.11. The fourth-order valence-corrected chi connectivity index (χ4v) is 5.13. The lowest BCUT2D eigenvalue weighted by Gasteiger charge is -2.27. The number of allylic oxidation sites excluding steroid dienone is 3. The van der Waals surface area contributed by atoms with Crippen molar-refractivity contribution in [2.24, 2.45) is 4.99 Å². The number of anilines is 2. The molecule has 0 radical (unpaired) electrons. The van der Waals surface area contributed by atoms with Crippen molar-refractivity contribution in [3.63, 3.8) is 0 Å². The Morgan fingerprint density at radius 3 is 2.19 bits per heavy atom. The predicted molar refractivity (Wildman–Crippen MR) is 179 cm³/mol. The van der Waals surface area contributed by atoms with E-state index in [2.05, 4.69) is 102 Å². The van der Waals surface area contributed by atoms with Gasteiger partial charge in [-0.3, -0.25) is 4.99 Å². The van der Waals surface area contributed by atoms with E-state index in [1.165, 1.54) is 21.9 Å². The van der Waals surface area contributed by atoms with Crippen LogP contribution in [0.1, 0.15) is 55.3 Å². The van der Waals surface area contributed by atoms with Crippen molar-refractivity contribution in [1.29, 1.82) is 0 Å². The van der Waals surface area contributed by atoms with E-state index in [0.717, 1.165) is 34.1 Å². The summed E-state index contributed by atoms with van der Waals surface area (Å²) < 4.78 is 6.09. The SMILES string of the molecule is C=C/C=C\C.CC.c1ccc(C2N=C(c3ccc(C4Nc5ccccc5O4)cc3)Nc3c2ccc2ccccc32)cc1. The van der Waals surface area contributed by atoms with Crippen LogP contribution in [-0.4, -0.2) is 5.84 Å². The van der Waals surface area contributed by atoms with Gasteiger partial charge in [-0.1, -0.05) is 142 Å². The maximum Gasteiger partial charge on any atom is 0.196 e. The fourth-order valence-electron chi connectivity index (χ4n) is 5.13. The summed E-state index contributed by atoms with van der Waals surface area (Å²) in [6.07, 6.45) is 5.39. The van der Waals surface area contributed by atoms with Crippen LogP contribution < -0.4 is 15.4 Å². The average Bonchev–Trinajstić information content (AvgIpc) is 3.51. The summed E-state index contributed by atoms with van der Waals surface area (Å²) in [7, 11) is 0. The maximum atomic E-state index is 6.09. The Bertz CT molecular complexity index is 1680. The second-order valence-electron chi connectivity index (χ2n) is 9.69. The van der Waals surface area contributed by atoms with Crippen LogP contribution in [0.3, 0.4) is 0 Å². The first-order valence-electron chi connectivity index (χ1n) is 14.5. The number of hydrogen-bond acceptors (Lipinski definition) is 4. The molecule has 2 aliphatic heterocycles. The van der Waals surface area contributed by atoms with Crippen LogP contribution in [0.5, 0.6) is 5.75 Å². The molecule has 2 N–H and O–H groups in total. The van der Waals surface area contributed by atoms with Crippen LogP contribution in [0.4, 0.5) is 11.4 Å². The van der Waals surface area contributed by atoms with Gasteiger partial charge in [-0.15, -0.1) is 0 Å². The van der Waals surface area contributed by atoms with Crippen molar-refractivity contribution in [3.05, 3.63) is 162 Å². The molecule has 210 valence electrons. The Kier molecular flexibility index (Phi) is 9.15. The minimum Gasteiger partial charge on any atom is -0.464 e. The number of nitrogens with zero attached hydrogens (tertiary/aromatic N) is 1. The van der Waals surface area contributed by atoms with Crippen molar-refractivity contribution in [1.82, 2.24) is 0 Å². The molecule has 2 aliphatic rings. The van der Waals surface area contributed by atoms with Gasteiger partial charge in [-0.2, -0.15) is 0 Å². The van der Waals surface area contributed by atoms with E-state index in [-0.39, 0.29) is 12.3 Å². The number of benzene rings is 5. The highest BCUT2D eigenvalue weighted by molar-refractivity contribution is 6.14. The van der Waals surface area contributed by atoms with Crippen molar-refractivity contribution in [2.75, 3.05) is 10.6 Å². The lowest BCUT2D eigenvalue weighted by atomic mass is 9.92. The molecule has 0 aromatic heterocycles. The van der Waals surface area contributed by atoms with Crippen molar-refractivity contribution in [2.45, 2.75) is 33.0 Å².